The summed E-state index contributed by atoms with van der Waals surface area (Å²) in [6.07, 6.45) is -0.163. The zero-order chi connectivity index (χ0) is 22.9. The van der Waals surface area contributed by atoms with E-state index in [0.717, 1.165) is 21.1 Å². The molecule has 0 radical (unpaired) electrons. The highest BCUT2D eigenvalue weighted by molar-refractivity contribution is 7.13. The minimum atomic E-state index is -0.165. The number of thiophene rings is 1. The van der Waals surface area contributed by atoms with Crippen LogP contribution in [0.25, 0.3) is 0 Å². The summed E-state index contributed by atoms with van der Waals surface area (Å²) >= 11 is 1.50. The third-order valence-electron chi connectivity index (χ3n) is 6.09. The molecule has 0 N–H and O–H groups in total. The van der Waals surface area contributed by atoms with Gasteiger partial charge in [0.15, 0.2) is 5.69 Å². The van der Waals surface area contributed by atoms with E-state index in [4.69, 9.17) is 9.47 Å². The number of methoxy groups -OCH3 is 1. The van der Waals surface area contributed by atoms with Gasteiger partial charge in [-0.3, -0.25) is 9.59 Å². The fraction of sp³-hybridized carbons (Fsp3) is 0.391. The van der Waals surface area contributed by atoms with E-state index in [2.05, 4.69) is 10.3 Å². The Hall–Kier alpha value is -3.24. The maximum Gasteiger partial charge on any atom is 0.276 e. The topological polar surface area (TPSA) is 89.8 Å². The summed E-state index contributed by atoms with van der Waals surface area (Å²) < 4.78 is 13.0. The Kier molecular flexibility index (Phi) is 5.86. The fourth-order valence-electron chi connectivity index (χ4n) is 4.17. The fourth-order valence-corrected chi connectivity index (χ4v) is 5.00. The monoisotopic (exact) mass is 467 g/mol. The summed E-state index contributed by atoms with van der Waals surface area (Å²) in [5.74, 6) is 0.650. The number of carbonyl (C=O) groups excluding carboxylic acids is 2. The Bertz CT molecular complexity index is 1160. The van der Waals surface area contributed by atoms with Crippen LogP contribution in [-0.4, -0.2) is 69.9 Å². The van der Waals surface area contributed by atoms with Gasteiger partial charge < -0.3 is 19.3 Å². The van der Waals surface area contributed by atoms with Crippen LogP contribution in [0, 0.1) is 6.92 Å². The molecule has 5 rings (SSSR count). The molecule has 3 aromatic rings. The lowest BCUT2D eigenvalue weighted by Gasteiger charge is -2.34. The maximum absolute atomic E-state index is 13.1. The van der Waals surface area contributed by atoms with Crippen LogP contribution in [0.4, 0.5) is 0 Å². The zero-order valence-electron chi connectivity index (χ0n) is 18.6. The van der Waals surface area contributed by atoms with Crippen LogP contribution in [-0.2, 0) is 17.9 Å². The molecule has 33 heavy (non-hydrogen) atoms. The van der Waals surface area contributed by atoms with E-state index in [1.807, 2.05) is 43.3 Å². The molecule has 10 heteroatoms. The van der Waals surface area contributed by atoms with Crippen LogP contribution in [0.5, 0.6) is 5.75 Å². The Labute approximate surface area is 195 Å². The molecule has 2 amide bonds. The number of aromatic nitrogens is 3. The van der Waals surface area contributed by atoms with Gasteiger partial charge in [0.2, 0.25) is 0 Å². The predicted octanol–water partition coefficient (Wildman–Crippen LogP) is 2.53. The van der Waals surface area contributed by atoms with Gasteiger partial charge in [-0.05, 0) is 36.8 Å². The molecule has 0 spiro atoms. The van der Waals surface area contributed by atoms with Crippen LogP contribution in [0.2, 0.25) is 0 Å². The lowest BCUT2D eigenvalue weighted by molar-refractivity contribution is -0.00204. The van der Waals surface area contributed by atoms with Crippen molar-refractivity contribution in [2.75, 3.05) is 33.3 Å². The summed E-state index contributed by atoms with van der Waals surface area (Å²) in [5.41, 5.74) is 2.04. The van der Waals surface area contributed by atoms with Crippen molar-refractivity contribution >= 4 is 23.2 Å². The second-order valence-corrected chi connectivity index (χ2v) is 9.42. The van der Waals surface area contributed by atoms with Gasteiger partial charge in [-0.2, -0.15) is 0 Å². The number of ether oxygens (including phenoxy) is 2. The third kappa shape index (κ3) is 4.23. The molecule has 4 heterocycles. The Balaban J connectivity index is 1.22. The highest BCUT2D eigenvalue weighted by atomic mass is 32.1. The lowest BCUT2D eigenvalue weighted by Crippen LogP contribution is -2.50. The summed E-state index contributed by atoms with van der Waals surface area (Å²) in [6, 6.07) is 11.5. The zero-order valence-corrected chi connectivity index (χ0v) is 19.4. The molecule has 2 aliphatic rings. The first-order chi connectivity index (χ1) is 16.0. The first kappa shape index (κ1) is 21.6. The quantitative estimate of drug-likeness (QED) is 0.586. The molecule has 0 aliphatic carbocycles. The van der Waals surface area contributed by atoms with E-state index >= 15 is 0 Å². The third-order valence-corrected chi connectivity index (χ3v) is 7.08. The van der Waals surface area contributed by atoms with E-state index in [0.29, 0.717) is 44.1 Å². The molecule has 2 aromatic heterocycles. The molecular weight excluding hydrogens is 442 g/mol. The van der Waals surface area contributed by atoms with Gasteiger partial charge in [-0.25, -0.2) is 4.68 Å². The number of hydrogen-bond acceptors (Lipinski definition) is 7. The Morgan fingerprint density at radius 2 is 1.73 bits per heavy atom. The largest absolute Gasteiger partial charge is 0.497 e. The molecule has 2 aliphatic heterocycles. The molecule has 9 nitrogen and oxygen atoms in total. The van der Waals surface area contributed by atoms with Gasteiger partial charge in [0, 0.05) is 31.1 Å². The van der Waals surface area contributed by atoms with Gasteiger partial charge in [-0.15, -0.1) is 16.4 Å². The first-order valence-electron chi connectivity index (χ1n) is 10.9. The minimum Gasteiger partial charge on any atom is -0.497 e. The van der Waals surface area contributed by atoms with Crippen molar-refractivity contribution < 1.29 is 19.1 Å². The summed E-state index contributed by atoms with van der Waals surface area (Å²) in [4.78, 5) is 31.2. The molecule has 0 unspecified atom stereocenters. The van der Waals surface area contributed by atoms with E-state index < -0.39 is 0 Å². The van der Waals surface area contributed by atoms with Crippen LogP contribution < -0.4 is 4.74 Å². The number of carbonyl (C=O) groups is 2. The lowest BCUT2D eigenvalue weighted by atomic mass is 10.1. The van der Waals surface area contributed by atoms with E-state index in [-0.39, 0.29) is 24.5 Å². The molecule has 1 fully saturated rings. The second-order valence-electron chi connectivity index (χ2n) is 8.13. The maximum atomic E-state index is 13.1. The Morgan fingerprint density at radius 3 is 2.36 bits per heavy atom. The smallest absolute Gasteiger partial charge is 0.276 e. The Morgan fingerprint density at radius 1 is 1.03 bits per heavy atom. The van der Waals surface area contributed by atoms with Crippen LogP contribution in [0.1, 0.15) is 42.4 Å². The van der Waals surface area contributed by atoms with Crippen molar-refractivity contribution in [1.29, 1.82) is 0 Å². The number of aryl methyl sites for hydroxylation is 1. The van der Waals surface area contributed by atoms with Crippen LogP contribution in [0.3, 0.4) is 0 Å². The number of fused-ring (bicyclic) bond motifs is 1. The van der Waals surface area contributed by atoms with Crippen molar-refractivity contribution in [3.8, 4) is 5.75 Å². The van der Waals surface area contributed by atoms with Crippen molar-refractivity contribution in [1.82, 2.24) is 24.8 Å². The molecular formula is C23H25N5O4S. The highest BCUT2D eigenvalue weighted by Gasteiger charge is 2.32. The highest BCUT2D eigenvalue weighted by Crippen LogP contribution is 2.28. The molecule has 1 aromatic carbocycles. The second kappa shape index (κ2) is 8.95. The summed E-state index contributed by atoms with van der Waals surface area (Å²) in [6.45, 7) is 4.68. The van der Waals surface area contributed by atoms with Gasteiger partial charge in [-0.1, -0.05) is 17.3 Å². The van der Waals surface area contributed by atoms with E-state index in [1.165, 1.54) is 11.3 Å². The number of nitrogens with zero attached hydrogens (tertiary/aromatic N) is 5. The van der Waals surface area contributed by atoms with Crippen molar-refractivity contribution in [2.24, 2.45) is 0 Å². The number of rotatable bonds is 4. The number of hydrogen-bond donors (Lipinski definition) is 0. The normalized spacial score (nSPS) is 18.2. The van der Waals surface area contributed by atoms with E-state index in [1.54, 1.807) is 21.6 Å². The van der Waals surface area contributed by atoms with Crippen molar-refractivity contribution in [2.45, 2.75) is 26.2 Å². The number of benzene rings is 1. The molecule has 1 saturated heterocycles. The summed E-state index contributed by atoms with van der Waals surface area (Å²) in [7, 11) is 1.63. The SMILES string of the molecule is COc1ccc([C@H]2Cn3nnc(C(=O)N4CCN(C(=O)c5ccc(C)s5)CC4)c3CO2)cc1. The van der Waals surface area contributed by atoms with E-state index in [9.17, 15) is 9.59 Å². The first-order valence-corrected chi connectivity index (χ1v) is 11.7. The average Bonchev–Trinajstić information content (AvgIpc) is 3.49. The van der Waals surface area contributed by atoms with Gasteiger partial charge in [0.25, 0.3) is 11.8 Å². The molecule has 0 saturated carbocycles. The summed E-state index contributed by atoms with van der Waals surface area (Å²) in [5, 5.41) is 8.39. The molecule has 1 atom stereocenters. The average molecular weight is 468 g/mol. The van der Waals surface area contributed by atoms with Crippen molar-refractivity contribution in [3.63, 3.8) is 0 Å². The van der Waals surface area contributed by atoms with Gasteiger partial charge in [0.1, 0.15) is 11.9 Å². The van der Waals surface area contributed by atoms with Crippen molar-refractivity contribution in [3.05, 3.63) is 63.1 Å². The predicted molar refractivity (Wildman–Crippen MR) is 121 cm³/mol. The minimum absolute atomic E-state index is 0.0270. The molecule has 172 valence electrons. The number of amides is 2. The molecule has 0 bridgehead atoms. The van der Waals surface area contributed by atoms with Crippen LogP contribution >= 0.6 is 11.3 Å². The standard InChI is InChI=1S/C23H25N5O4S/c1-15-3-8-20(33-15)22(29)26-9-11-27(12-10-26)23(30)21-18-14-32-19(13-28(18)25-24-21)16-4-6-17(31-2)7-5-16/h3-8,19H,9-14H2,1-2H3/t19-/m1/s1. The van der Waals surface area contributed by atoms with Gasteiger partial charge >= 0.3 is 0 Å². The number of piperazine rings is 1. The van der Waals surface area contributed by atoms with Crippen LogP contribution in [0.15, 0.2) is 36.4 Å². The van der Waals surface area contributed by atoms with Gasteiger partial charge in [0.05, 0.1) is 30.8 Å².